The van der Waals surface area contributed by atoms with E-state index in [1.807, 2.05) is 44.3 Å². The number of hydrogen-bond donors (Lipinski definition) is 0. The summed E-state index contributed by atoms with van der Waals surface area (Å²) in [7, 11) is 3.71. The molecule has 0 saturated carbocycles. The summed E-state index contributed by atoms with van der Waals surface area (Å²) >= 11 is 0. The predicted molar refractivity (Wildman–Crippen MR) is 92.8 cm³/mol. The van der Waals surface area contributed by atoms with Crippen molar-refractivity contribution >= 4 is 5.91 Å². The van der Waals surface area contributed by atoms with Crippen LogP contribution in [-0.4, -0.2) is 74.7 Å². The van der Waals surface area contributed by atoms with Crippen molar-refractivity contribution < 1.29 is 9.53 Å². The van der Waals surface area contributed by atoms with E-state index in [4.69, 9.17) is 4.74 Å². The Balaban J connectivity index is 1.48. The first-order chi connectivity index (χ1) is 12.0. The van der Waals surface area contributed by atoms with E-state index in [2.05, 4.69) is 15.1 Å². The number of amides is 1. The molecule has 0 aliphatic carbocycles. The van der Waals surface area contributed by atoms with E-state index in [0.29, 0.717) is 26.2 Å². The van der Waals surface area contributed by atoms with E-state index in [9.17, 15) is 4.79 Å². The van der Waals surface area contributed by atoms with Gasteiger partial charge < -0.3 is 9.64 Å². The molecule has 1 saturated heterocycles. The number of aryl methyl sites for hydroxylation is 2. The van der Waals surface area contributed by atoms with Crippen LogP contribution < -0.4 is 0 Å². The smallest absolute Gasteiger partial charge is 0.236 e. The molecule has 0 unspecified atom stereocenters. The first kappa shape index (κ1) is 17.6. The van der Waals surface area contributed by atoms with Crippen molar-refractivity contribution in [1.29, 1.82) is 0 Å². The van der Waals surface area contributed by atoms with Crippen LogP contribution in [0.4, 0.5) is 0 Å². The maximum absolute atomic E-state index is 12.5. The van der Waals surface area contributed by atoms with Crippen LogP contribution in [0.2, 0.25) is 0 Å². The summed E-state index contributed by atoms with van der Waals surface area (Å²) in [5.74, 6) is 0.111. The molecular formula is C17H26N6O2. The molecule has 0 aromatic carbocycles. The Morgan fingerprint density at radius 3 is 2.88 bits per heavy atom. The number of carbonyl (C=O) groups is 1. The minimum Gasteiger partial charge on any atom is -0.374 e. The van der Waals surface area contributed by atoms with E-state index >= 15 is 0 Å². The van der Waals surface area contributed by atoms with E-state index < -0.39 is 0 Å². The molecule has 2 aromatic heterocycles. The molecule has 8 nitrogen and oxygen atoms in total. The fourth-order valence-electron chi connectivity index (χ4n) is 3.04. The molecule has 3 heterocycles. The highest BCUT2D eigenvalue weighted by Gasteiger charge is 2.24. The second-order valence-electron chi connectivity index (χ2n) is 6.74. The van der Waals surface area contributed by atoms with Gasteiger partial charge in [0, 0.05) is 51.7 Å². The van der Waals surface area contributed by atoms with Crippen molar-refractivity contribution in [3.63, 3.8) is 0 Å². The average molecular weight is 346 g/mol. The quantitative estimate of drug-likeness (QED) is 0.752. The Hall–Kier alpha value is -2.19. The fourth-order valence-corrected chi connectivity index (χ4v) is 3.04. The minimum atomic E-state index is 0.0597. The Bertz CT molecular complexity index is 710. The molecule has 25 heavy (non-hydrogen) atoms. The summed E-state index contributed by atoms with van der Waals surface area (Å²) in [5, 5.41) is 8.45. The maximum atomic E-state index is 12.5. The summed E-state index contributed by atoms with van der Waals surface area (Å²) in [4.78, 5) is 16.4. The SMILES string of the molecule is Cc1cnn(C[C@@H]2CN(CC(=O)N(C)Cc3cnn(C)c3)CCO2)c1. The van der Waals surface area contributed by atoms with Crippen molar-refractivity contribution in [3.8, 4) is 0 Å². The lowest BCUT2D eigenvalue weighted by molar-refractivity contribution is -0.133. The van der Waals surface area contributed by atoms with Crippen LogP contribution >= 0.6 is 0 Å². The van der Waals surface area contributed by atoms with Crippen molar-refractivity contribution in [1.82, 2.24) is 29.4 Å². The molecule has 1 atom stereocenters. The van der Waals surface area contributed by atoms with Gasteiger partial charge in [-0.15, -0.1) is 0 Å². The molecule has 0 bridgehead atoms. The highest BCUT2D eigenvalue weighted by molar-refractivity contribution is 5.78. The van der Waals surface area contributed by atoms with E-state index in [0.717, 1.165) is 24.2 Å². The Morgan fingerprint density at radius 1 is 1.36 bits per heavy atom. The van der Waals surface area contributed by atoms with E-state index in [1.165, 1.54) is 0 Å². The van der Waals surface area contributed by atoms with Gasteiger partial charge in [-0.1, -0.05) is 0 Å². The minimum absolute atomic E-state index is 0.0597. The van der Waals surface area contributed by atoms with Gasteiger partial charge in [-0.25, -0.2) is 0 Å². The number of morpholine rings is 1. The van der Waals surface area contributed by atoms with E-state index in [-0.39, 0.29) is 12.0 Å². The zero-order chi connectivity index (χ0) is 17.8. The van der Waals surface area contributed by atoms with Gasteiger partial charge >= 0.3 is 0 Å². The number of carbonyl (C=O) groups excluding carboxylic acids is 1. The van der Waals surface area contributed by atoms with Gasteiger partial charge in [0.1, 0.15) is 0 Å². The van der Waals surface area contributed by atoms with Crippen molar-refractivity contribution in [3.05, 3.63) is 35.9 Å². The van der Waals surface area contributed by atoms with Gasteiger partial charge in [0.15, 0.2) is 0 Å². The molecule has 1 amide bonds. The van der Waals surface area contributed by atoms with Gasteiger partial charge in [-0.05, 0) is 12.5 Å². The van der Waals surface area contributed by atoms with Gasteiger partial charge in [-0.2, -0.15) is 10.2 Å². The lowest BCUT2D eigenvalue weighted by atomic mass is 10.2. The van der Waals surface area contributed by atoms with Crippen LogP contribution in [0, 0.1) is 6.92 Å². The number of aromatic nitrogens is 4. The molecule has 0 spiro atoms. The van der Waals surface area contributed by atoms with Crippen LogP contribution in [0.1, 0.15) is 11.1 Å². The number of likely N-dealkylation sites (N-methyl/N-ethyl adjacent to an activating group) is 1. The average Bonchev–Trinajstić information content (AvgIpc) is 3.16. The number of rotatable bonds is 6. The number of ether oxygens (including phenoxy) is 1. The highest BCUT2D eigenvalue weighted by Crippen LogP contribution is 2.09. The molecule has 1 aliphatic rings. The zero-order valence-electron chi connectivity index (χ0n) is 15.1. The first-order valence-electron chi connectivity index (χ1n) is 8.54. The molecular weight excluding hydrogens is 320 g/mol. The lowest BCUT2D eigenvalue weighted by Gasteiger charge is -2.33. The zero-order valence-corrected chi connectivity index (χ0v) is 15.1. The molecule has 1 aliphatic heterocycles. The van der Waals surface area contributed by atoms with Crippen LogP contribution in [0.3, 0.4) is 0 Å². The predicted octanol–water partition coefficient (Wildman–Crippen LogP) is 0.284. The summed E-state index contributed by atoms with van der Waals surface area (Å²) in [6.07, 6.45) is 7.64. The third-order valence-corrected chi connectivity index (χ3v) is 4.34. The second-order valence-corrected chi connectivity index (χ2v) is 6.74. The highest BCUT2D eigenvalue weighted by atomic mass is 16.5. The van der Waals surface area contributed by atoms with Crippen molar-refractivity contribution in [2.45, 2.75) is 26.1 Å². The Labute approximate surface area is 148 Å². The fraction of sp³-hybridized carbons (Fsp3) is 0.588. The lowest BCUT2D eigenvalue weighted by Crippen LogP contribution is -2.48. The molecule has 136 valence electrons. The van der Waals surface area contributed by atoms with Crippen LogP contribution in [0.25, 0.3) is 0 Å². The molecule has 2 aromatic rings. The third-order valence-electron chi connectivity index (χ3n) is 4.34. The van der Waals surface area contributed by atoms with Gasteiger partial charge in [0.2, 0.25) is 5.91 Å². The summed E-state index contributed by atoms with van der Waals surface area (Å²) in [6, 6.07) is 0. The first-order valence-corrected chi connectivity index (χ1v) is 8.54. The van der Waals surface area contributed by atoms with Gasteiger partial charge in [0.05, 0.1) is 38.2 Å². The Kier molecular flexibility index (Phi) is 5.50. The molecule has 0 radical (unpaired) electrons. The molecule has 1 fully saturated rings. The van der Waals surface area contributed by atoms with Crippen molar-refractivity contribution in [2.24, 2.45) is 7.05 Å². The standard InChI is InChI=1S/C17H26N6O2/c1-14-6-19-23(8-14)12-16-11-22(4-5-25-16)13-17(24)20(2)9-15-7-18-21(3)10-15/h6-8,10,16H,4-5,9,11-13H2,1-3H3/t16-/m0/s1. The van der Waals surface area contributed by atoms with Crippen LogP contribution in [-0.2, 0) is 29.7 Å². The maximum Gasteiger partial charge on any atom is 0.236 e. The normalized spacial score (nSPS) is 18.4. The largest absolute Gasteiger partial charge is 0.374 e. The Morgan fingerprint density at radius 2 is 2.20 bits per heavy atom. The third kappa shape index (κ3) is 4.90. The molecule has 3 rings (SSSR count). The second kappa shape index (κ2) is 7.79. The van der Waals surface area contributed by atoms with Gasteiger partial charge in [-0.3, -0.25) is 19.1 Å². The number of nitrogens with zero attached hydrogens (tertiary/aromatic N) is 6. The molecule has 0 N–H and O–H groups in total. The van der Waals surface area contributed by atoms with E-state index in [1.54, 1.807) is 15.8 Å². The monoisotopic (exact) mass is 346 g/mol. The van der Waals surface area contributed by atoms with Crippen LogP contribution in [0.15, 0.2) is 24.8 Å². The van der Waals surface area contributed by atoms with Crippen molar-refractivity contribution in [2.75, 3.05) is 33.3 Å². The molecule has 8 heteroatoms. The summed E-state index contributed by atoms with van der Waals surface area (Å²) in [6.45, 7) is 5.89. The topological polar surface area (TPSA) is 68.4 Å². The summed E-state index contributed by atoms with van der Waals surface area (Å²) < 4.78 is 9.47. The van der Waals surface area contributed by atoms with Gasteiger partial charge in [0.25, 0.3) is 0 Å². The summed E-state index contributed by atoms with van der Waals surface area (Å²) in [5.41, 5.74) is 2.17. The van der Waals surface area contributed by atoms with Crippen LogP contribution in [0.5, 0.6) is 0 Å². The number of hydrogen-bond acceptors (Lipinski definition) is 5.